The molecule has 2 aromatic heterocycles. The van der Waals surface area contributed by atoms with E-state index in [1.807, 2.05) is 6.07 Å². The molecular weight excluding hydrogens is 470 g/mol. The Hall–Kier alpha value is -3.46. The first-order valence-electron chi connectivity index (χ1n) is 9.26. The summed E-state index contributed by atoms with van der Waals surface area (Å²) in [6, 6.07) is 9.20. The van der Waals surface area contributed by atoms with E-state index in [-0.39, 0.29) is 16.8 Å². The maximum Gasteiger partial charge on any atom is 0.280 e. The van der Waals surface area contributed by atoms with Crippen LogP contribution in [0, 0.1) is 11.6 Å². The Morgan fingerprint density at radius 2 is 1.77 bits per heavy atom. The van der Waals surface area contributed by atoms with Gasteiger partial charge in [0.25, 0.3) is 11.8 Å². The van der Waals surface area contributed by atoms with E-state index < -0.39 is 30.0 Å². The molecular formula is C22H13BrF2N4O2. The van der Waals surface area contributed by atoms with Gasteiger partial charge in [-0.25, -0.2) is 13.8 Å². The molecule has 0 saturated heterocycles. The molecule has 0 bridgehead atoms. The van der Waals surface area contributed by atoms with E-state index in [1.54, 1.807) is 30.1 Å². The number of carbonyl (C=O) groups excluding carboxylic acids is 2. The maximum atomic E-state index is 15.0. The van der Waals surface area contributed by atoms with Gasteiger partial charge in [0.05, 0.1) is 17.6 Å². The standard InChI is InChI=1S/C22H13BrF2N4O2/c1-28-9-15-13(3-2-4-19(15)27-28)11-5-17(24)16(18(25)6-11)10-29-21(30)14-7-12(23)8-26-20(14)22(29)31/h2-9H,10H2,1H3. The van der Waals surface area contributed by atoms with E-state index in [4.69, 9.17) is 0 Å². The predicted octanol–water partition coefficient (Wildman–Crippen LogP) is 4.47. The molecule has 0 atom stereocenters. The third-order valence-corrected chi connectivity index (χ3v) is 5.64. The van der Waals surface area contributed by atoms with Gasteiger partial charge in [-0.1, -0.05) is 12.1 Å². The molecule has 0 fully saturated rings. The van der Waals surface area contributed by atoms with Crippen molar-refractivity contribution in [1.82, 2.24) is 19.7 Å². The van der Waals surface area contributed by atoms with Gasteiger partial charge in [0.2, 0.25) is 0 Å². The van der Waals surface area contributed by atoms with Gasteiger partial charge in [-0.2, -0.15) is 5.10 Å². The van der Waals surface area contributed by atoms with Crippen LogP contribution in [0.15, 0.2) is 53.3 Å². The number of nitrogens with zero attached hydrogens (tertiary/aromatic N) is 4. The first-order valence-corrected chi connectivity index (χ1v) is 10.0. The largest absolute Gasteiger partial charge is 0.280 e. The lowest BCUT2D eigenvalue weighted by molar-refractivity contribution is 0.0637. The highest BCUT2D eigenvalue weighted by molar-refractivity contribution is 9.10. The zero-order valence-corrected chi connectivity index (χ0v) is 17.7. The second kappa shape index (κ2) is 7.05. The average Bonchev–Trinajstić information content (AvgIpc) is 3.21. The van der Waals surface area contributed by atoms with Gasteiger partial charge in [0.15, 0.2) is 0 Å². The first-order chi connectivity index (χ1) is 14.8. The summed E-state index contributed by atoms with van der Waals surface area (Å²) >= 11 is 3.20. The molecule has 0 spiro atoms. The molecule has 6 nitrogen and oxygen atoms in total. The Morgan fingerprint density at radius 3 is 2.52 bits per heavy atom. The second-order valence-electron chi connectivity index (χ2n) is 7.21. The highest BCUT2D eigenvalue weighted by Crippen LogP contribution is 2.32. The molecule has 31 heavy (non-hydrogen) atoms. The van der Waals surface area contributed by atoms with Crippen LogP contribution in [0.4, 0.5) is 8.78 Å². The number of carbonyl (C=O) groups is 2. The number of aromatic nitrogens is 3. The number of benzene rings is 2. The third kappa shape index (κ3) is 3.12. The van der Waals surface area contributed by atoms with E-state index in [0.717, 1.165) is 10.3 Å². The predicted molar refractivity (Wildman–Crippen MR) is 112 cm³/mol. The van der Waals surface area contributed by atoms with Gasteiger partial charge in [0, 0.05) is 34.9 Å². The fraction of sp³-hybridized carbons (Fsp3) is 0.0909. The number of halogens is 3. The lowest BCUT2D eigenvalue weighted by atomic mass is 9.99. The van der Waals surface area contributed by atoms with Crippen LogP contribution in [0.5, 0.6) is 0 Å². The highest BCUT2D eigenvalue weighted by Gasteiger charge is 2.38. The molecule has 1 aliphatic rings. The van der Waals surface area contributed by atoms with Gasteiger partial charge in [-0.3, -0.25) is 19.2 Å². The molecule has 3 heterocycles. The summed E-state index contributed by atoms with van der Waals surface area (Å²) in [6.45, 7) is -0.527. The Balaban J connectivity index is 1.52. The number of amides is 2. The lowest BCUT2D eigenvalue weighted by Crippen LogP contribution is -2.30. The van der Waals surface area contributed by atoms with Crippen LogP contribution >= 0.6 is 15.9 Å². The van der Waals surface area contributed by atoms with E-state index >= 15 is 0 Å². The Labute approximate surface area is 183 Å². The fourth-order valence-electron chi connectivity index (χ4n) is 3.76. The molecule has 4 aromatic rings. The molecule has 0 aliphatic carbocycles. The van der Waals surface area contributed by atoms with Crippen molar-refractivity contribution in [2.24, 2.45) is 7.05 Å². The summed E-state index contributed by atoms with van der Waals surface area (Å²) in [4.78, 5) is 29.9. The van der Waals surface area contributed by atoms with E-state index in [1.165, 1.54) is 24.4 Å². The number of hydrogen-bond donors (Lipinski definition) is 0. The van der Waals surface area contributed by atoms with Crippen LogP contribution in [0.3, 0.4) is 0 Å². The molecule has 2 amide bonds. The zero-order valence-electron chi connectivity index (χ0n) is 16.1. The van der Waals surface area contributed by atoms with Gasteiger partial charge in [0.1, 0.15) is 17.3 Å². The van der Waals surface area contributed by atoms with Crippen molar-refractivity contribution >= 4 is 38.6 Å². The topological polar surface area (TPSA) is 68.1 Å². The summed E-state index contributed by atoms with van der Waals surface area (Å²) in [5, 5.41) is 5.07. The number of pyridine rings is 1. The SMILES string of the molecule is Cn1cc2c(-c3cc(F)c(CN4C(=O)c5cc(Br)cnc5C4=O)c(F)c3)cccc2n1. The van der Waals surface area contributed by atoms with Crippen LogP contribution in [0.2, 0.25) is 0 Å². The summed E-state index contributed by atoms with van der Waals surface area (Å²) in [6.07, 6.45) is 3.17. The van der Waals surface area contributed by atoms with Crippen molar-refractivity contribution in [3.05, 3.63) is 81.7 Å². The third-order valence-electron chi connectivity index (χ3n) is 5.21. The Bertz CT molecular complexity index is 1390. The molecule has 154 valence electrons. The number of hydrogen-bond acceptors (Lipinski definition) is 4. The van der Waals surface area contributed by atoms with Crippen molar-refractivity contribution in [3.8, 4) is 11.1 Å². The Kier molecular flexibility index (Phi) is 4.44. The minimum absolute atomic E-state index is 0.0334. The van der Waals surface area contributed by atoms with Crippen LogP contribution < -0.4 is 0 Å². The average molecular weight is 483 g/mol. The van der Waals surface area contributed by atoms with Crippen molar-refractivity contribution < 1.29 is 18.4 Å². The smallest absolute Gasteiger partial charge is 0.275 e. The number of rotatable bonds is 3. The van der Waals surface area contributed by atoms with E-state index in [2.05, 4.69) is 26.0 Å². The minimum Gasteiger partial charge on any atom is -0.275 e. The molecule has 0 saturated carbocycles. The summed E-state index contributed by atoms with van der Waals surface area (Å²) < 4.78 is 32.1. The number of aryl methyl sites for hydroxylation is 1. The van der Waals surface area contributed by atoms with Crippen LogP contribution in [-0.4, -0.2) is 31.5 Å². The molecule has 1 aliphatic heterocycles. The maximum absolute atomic E-state index is 15.0. The quantitative estimate of drug-likeness (QED) is 0.404. The van der Waals surface area contributed by atoms with Crippen LogP contribution in [0.25, 0.3) is 22.0 Å². The van der Waals surface area contributed by atoms with E-state index in [9.17, 15) is 18.4 Å². The van der Waals surface area contributed by atoms with Crippen molar-refractivity contribution in [1.29, 1.82) is 0 Å². The monoisotopic (exact) mass is 482 g/mol. The second-order valence-corrected chi connectivity index (χ2v) is 8.12. The van der Waals surface area contributed by atoms with Gasteiger partial charge >= 0.3 is 0 Å². The zero-order chi connectivity index (χ0) is 21.9. The Morgan fingerprint density at radius 1 is 1.03 bits per heavy atom. The number of fused-ring (bicyclic) bond motifs is 2. The molecule has 9 heteroatoms. The highest BCUT2D eigenvalue weighted by atomic mass is 79.9. The molecule has 2 aromatic carbocycles. The fourth-order valence-corrected chi connectivity index (χ4v) is 4.09. The normalized spacial score (nSPS) is 13.4. The van der Waals surface area contributed by atoms with Crippen molar-refractivity contribution in [3.63, 3.8) is 0 Å². The minimum atomic E-state index is -0.846. The van der Waals surface area contributed by atoms with Crippen molar-refractivity contribution in [2.45, 2.75) is 6.54 Å². The molecule has 5 rings (SSSR count). The summed E-state index contributed by atoms with van der Waals surface area (Å²) in [7, 11) is 1.77. The van der Waals surface area contributed by atoms with Crippen LogP contribution in [-0.2, 0) is 13.6 Å². The number of imide groups is 1. The summed E-state index contributed by atoms with van der Waals surface area (Å²) in [5.41, 5.74) is 1.37. The van der Waals surface area contributed by atoms with E-state index in [0.29, 0.717) is 21.1 Å². The van der Waals surface area contributed by atoms with Gasteiger partial charge in [-0.15, -0.1) is 0 Å². The van der Waals surface area contributed by atoms with Crippen molar-refractivity contribution in [2.75, 3.05) is 0 Å². The lowest BCUT2D eigenvalue weighted by Gasteiger charge is -2.16. The van der Waals surface area contributed by atoms with Gasteiger partial charge in [-0.05, 0) is 51.3 Å². The summed E-state index contributed by atoms with van der Waals surface area (Å²) in [5.74, 6) is -3.02. The first kappa shape index (κ1) is 19.5. The molecule has 0 N–H and O–H groups in total. The van der Waals surface area contributed by atoms with Gasteiger partial charge < -0.3 is 0 Å². The van der Waals surface area contributed by atoms with Crippen LogP contribution in [0.1, 0.15) is 26.4 Å². The molecule has 0 radical (unpaired) electrons. The molecule has 0 unspecified atom stereocenters.